The minimum absolute atomic E-state index is 0.00101. The smallest absolute Gasteiger partial charge is 0.371 e. The van der Waals surface area contributed by atoms with Gasteiger partial charge in [0.1, 0.15) is 5.75 Å². The van der Waals surface area contributed by atoms with E-state index >= 15 is 0 Å². The van der Waals surface area contributed by atoms with Crippen molar-refractivity contribution in [3.8, 4) is 5.75 Å². The molecule has 8 heteroatoms. The molecule has 1 aliphatic heterocycles. The van der Waals surface area contributed by atoms with Gasteiger partial charge in [-0.15, -0.1) is 0 Å². The van der Waals surface area contributed by atoms with Crippen LogP contribution in [-0.2, 0) is 4.79 Å². The molecule has 1 fully saturated rings. The van der Waals surface area contributed by atoms with Crippen molar-refractivity contribution in [3.05, 3.63) is 41.9 Å². The summed E-state index contributed by atoms with van der Waals surface area (Å²) in [6, 6.07) is 7.41. The van der Waals surface area contributed by atoms with Crippen LogP contribution >= 0.6 is 0 Å². The van der Waals surface area contributed by atoms with E-state index in [0.29, 0.717) is 30.1 Å². The Kier molecular flexibility index (Phi) is 4.42. The number of nitrogens with zero attached hydrogens (tertiary/aromatic N) is 1. The highest BCUT2D eigenvalue weighted by molar-refractivity contribution is 6.04. The number of furan rings is 1. The topological polar surface area (TPSA) is 109 Å². The molecule has 2 aromatic rings. The molecule has 0 unspecified atom stereocenters. The van der Waals surface area contributed by atoms with Crippen molar-refractivity contribution in [2.45, 2.75) is 12.8 Å². The molecule has 1 aromatic heterocycles. The molecule has 1 aromatic carbocycles. The molecule has 8 nitrogen and oxygen atoms in total. The van der Waals surface area contributed by atoms with Crippen molar-refractivity contribution in [3.63, 3.8) is 0 Å². The van der Waals surface area contributed by atoms with Gasteiger partial charge in [0.05, 0.1) is 12.8 Å². The summed E-state index contributed by atoms with van der Waals surface area (Å²) in [6.07, 6.45) is 1.24. The second-order valence-corrected chi connectivity index (χ2v) is 5.46. The van der Waals surface area contributed by atoms with E-state index in [1.54, 1.807) is 23.1 Å². The highest BCUT2D eigenvalue weighted by atomic mass is 16.5. The summed E-state index contributed by atoms with van der Waals surface area (Å²) in [5.41, 5.74) is 1.02. The second-order valence-electron chi connectivity index (χ2n) is 5.46. The number of hydrogen-bond donors (Lipinski definition) is 2. The SMILES string of the molecule is COc1ccc(NC(=O)c2ccc(C(=O)O)o2)cc1N1CCCC1=O. The number of carbonyl (C=O) groups is 3. The zero-order chi connectivity index (χ0) is 18.0. The van der Waals surface area contributed by atoms with Crippen molar-refractivity contribution in [1.82, 2.24) is 0 Å². The Morgan fingerprint density at radius 3 is 2.60 bits per heavy atom. The van der Waals surface area contributed by atoms with Gasteiger partial charge in [-0.1, -0.05) is 0 Å². The fraction of sp³-hybridized carbons (Fsp3) is 0.235. The molecule has 2 amide bonds. The lowest BCUT2D eigenvalue weighted by Crippen LogP contribution is -2.24. The van der Waals surface area contributed by atoms with Gasteiger partial charge in [0.15, 0.2) is 5.76 Å². The first-order chi connectivity index (χ1) is 12.0. The zero-order valence-electron chi connectivity index (χ0n) is 13.4. The van der Waals surface area contributed by atoms with Crippen LogP contribution in [0.5, 0.6) is 5.75 Å². The maximum atomic E-state index is 12.2. The van der Waals surface area contributed by atoms with E-state index in [-0.39, 0.29) is 17.4 Å². The van der Waals surface area contributed by atoms with E-state index in [0.717, 1.165) is 6.42 Å². The number of nitrogens with one attached hydrogen (secondary N) is 1. The van der Waals surface area contributed by atoms with E-state index in [1.165, 1.54) is 19.2 Å². The Hall–Kier alpha value is -3.29. The van der Waals surface area contributed by atoms with Crippen LogP contribution in [-0.4, -0.2) is 36.5 Å². The number of carboxylic acid groups (broad SMARTS) is 1. The second kappa shape index (κ2) is 6.68. The van der Waals surface area contributed by atoms with Crippen molar-refractivity contribution < 1.29 is 28.6 Å². The molecule has 2 heterocycles. The Balaban J connectivity index is 1.83. The van der Waals surface area contributed by atoms with Crippen LogP contribution in [0.15, 0.2) is 34.7 Å². The van der Waals surface area contributed by atoms with Crippen molar-refractivity contribution >= 4 is 29.2 Å². The predicted molar refractivity (Wildman–Crippen MR) is 88.2 cm³/mol. The minimum Gasteiger partial charge on any atom is -0.495 e. The standard InChI is InChI=1S/C17H16N2O6/c1-24-12-5-4-10(9-11(12)19-8-2-3-15(19)20)18-16(21)13-6-7-14(25-13)17(22)23/h4-7,9H,2-3,8H2,1H3,(H,18,21)(H,22,23). The number of carbonyl (C=O) groups excluding carboxylic acids is 2. The summed E-state index contributed by atoms with van der Waals surface area (Å²) in [5, 5.41) is 11.5. The van der Waals surface area contributed by atoms with Gasteiger partial charge in [-0.05, 0) is 36.8 Å². The first kappa shape index (κ1) is 16.6. The van der Waals surface area contributed by atoms with Crippen molar-refractivity contribution in [1.29, 1.82) is 0 Å². The molecular formula is C17H16N2O6. The number of hydrogen-bond acceptors (Lipinski definition) is 5. The largest absolute Gasteiger partial charge is 0.495 e. The number of methoxy groups -OCH3 is 1. The molecule has 130 valence electrons. The maximum absolute atomic E-state index is 12.2. The Bertz CT molecular complexity index is 841. The van der Waals surface area contributed by atoms with Crippen LogP contribution in [0.4, 0.5) is 11.4 Å². The summed E-state index contributed by atoms with van der Waals surface area (Å²) in [6.45, 7) is 0.590. The molecule has 0 atom stereocenters. The fourth-order valence-electron chi connectivity index (χ4n) is 2.65. The quantitative estimate of drug-likeness (QED) is 0.862. The lowest BCUT2D eigenvalue weighted by atomic mass is 10.2. The highest BCUT2D eigenvalue weighted by Crippen LogP contribution is 2.34. The molecule has 0 spiro atoms. The van der Waals surface area contributed by atoms with Crippen LogP contribution < -0.4 is 15.0 Å². The normalized spacial score (nSPS) is 13.8. The Labute approximate surface area is 143 Å². The number of anilines is 2. The number of ether oxygens (including phenoxy) is 1. The van der Waals surface area contributed by atoms with Gasteiger partial charge in [-0.2, -0.15) is 0 Å². The molecule has 25 heavy (non-hydrogen) atoms. The van der Waals surface area contributed by atoms with E-state index in [9.17, 15) is 14.4 Å². The molecule has 0 radical (unpaired) electrons. The number of amides is 2. The summed E-state index contributed by atoms with van der Waals surface area (Å²) >= 11 is 0. The Morgan fingerprint density at radius 2 is 2.00 bits per heavy atom. The minimum atomic E-state index is -1.25. The van der Waals surface area contributed by atoms with Crippen LogP contribution in [0, 0.1) is 0 Å². The number of benzene rings is 1. The van der Waals surface area contributed by atoms with Crippen LogP contribution in [0.1, 0.15) is 34.0 Å². The van der Waals surface area contributed by atoms with Gasteiger partial charge in [-0.25, -0.2) is 4.79 Å². The van der Waals surface area contributed by atoms with E-state index in [4.69, 9.17) is 14.3 Å². The number of aromatic carboxylic acids is 1. The van der Waals surface area contributed by atoms with Gasteiger partial charge in [0.2, 0.25) is 11.7 Å². The molecule has 1 aliphatic rings. The lowest BCUT2D eigenvalue weighted by Gasteiger charge is -2.20. The highest BCUT2D eigenvalue weighted by Gasteiger charge is 2.25. The summed E-state index contributed by atoms with van der Waals surface area (Å²) in [7, 11) is 1.51. The monoisotopic (exact) mass is 344 g/mol. The van der Waals surface area contributed by atoms with Gasteiger partial charge in [0, 0.05) is 18.7 Å². The summed E-state index contributed by atoms with van der Waals surface area (Å²) < 4.78 is 10.3. The van der Waals surface area contributed by atoms with Gasteiger partial charge < -0.3 is 24.5 Å². The zero-order valence-corrected chi connectivity index (χ0v) is 13.4. The van der Waals surface area contributed by atoms with E-state index in [1.807, 2.05) is 0 Å². The third-order valence-electron chi connectivity index (χ3n) is 3.84. The molecule has 0 bridgehead atoms. The third-order valence-corrected chi connectivity index (χ3v) is 3.84. The lowest BCUT2D eigenvalue weighted by molar-refractivity contribution is -0.117. The molecule has 0 saturated carbocycles. The average Bonchev–Trinajstić information content (AvgIpc) is 3.24. The van der Waals surface area contributed by atoms with Crippen LogP contribution in [0.25, 0.3) is 0 Å². The molecule has 3 rings (SSSR count). The third kappa shape index (κ3) is 3.32. The molecular weight excluding hydrogens is 328 g/mol. The van der Waals surface area contributed by atoms with Gasteiger partial charge in [-0.3, -0.25) is 9.59 Å². The van der Waals surface area contributed by atoms with E-state index < -0.39 is 11.9 Å². The number of carboxylic acids is 1. The number of rotatable bonds is 5. The van der Waals surface area contributed by atoms with Crippen LogP contribution in [0.2, 0.25) is 0 Å². The van der Waals surface area contributed by atoms with Crippen molar-refractivity contribution in [2.75, 3.05) is 23.9 Å². The summed E-state index contributed by atoms with van der Waals surface area (Å²) in [5.74, 6) is -1.75. The first-order valence-corrected chi connectivity index (χ1v) is 7.62. The van der Waals surface area contributed by atoms with Crippen LogP contribution in [0.3, 0.4) is 0 Å². The Morgan fingerprint density at radius 1 is 1.24 bits per heavy atom. The first-order valence-electron chi connectivity index (χ1n) is 7.62. The fourth-order valence-corrected chi connectivity index (χ4v) is 2.65. The predicted octanol–water partition coefficient (Wildman–Crippen LogP) is 2.37. The summed E-state index contributed by atoms with van der Waals surface area (Å²) in [4.78, 5) is 36.6. The van der Waals surface area contributed by atoms with Gasteiger partial charge in [0.25, 0.3) is 5.91 Å². The average molecular weight is 344 g/mol. The molecule has 1 saturated heterocycles. The van der Waals surface area contributed by atoms with E-state index in [2.05, 4.69) is 5.32 Å². The van der Waals surface area contributed by atoms with Crippen molar-refractivity contribution in [2.24, 2.45) is 0 Å². The van der Waals surface area contributed by atoms with Gasteiger partial charge >= 0.3 is 5.97 Å². The molecule has 2 N–H and O–H groups in total. The molecule has 0 aliphatic carbocycles. The maximum Gasteiger partial charge on any atom is 0.371 e.